The molecule has 0 aliphatic carbocycles. The molecular weight excluding hydrogens is 188 g/mol. The van der Waals surface area contributed by atoms with Crippen molar-refractivity contribution in [1.82, 2.24) is 10.6 Å². The summed E-state index contributed by atoms with van der Waals surface area (Å²) in [6.07, 6.45) is 5.35. The number of unbranched alkanes of at least 4 members (excludes halogenated alkanes) is 1. The van der Waals surface area contributed by atoms with Crippen molar-refractivity contribution in [3.05, 3.63) is 0 Å². The lowest BCUT2D eigenvalue weighted by Gasteiger charge is -2.15. The van der Waals surface area contributed by atoms with Gasteiger partial charge in [0.25, 0.3) is 0 Å². The summed E-state index contributed by atoms with van der Waals surface area (Å²) in [7, 11) is 0. The van der Waals surface area contributed by atoms with Crippen molar-refractivity contribution >= 4 is 5.91 Å². The molecule has 0 radical (unpaired) electrons. The Bertz CT molecular complexity index is 188. The van der Waals surface area contributed by atoms with E-state index in [2.05, 4.69) is 24.5 Å². The fourth-order valence-electron chi connectivity index (χ4n) is 2.07. The van der Waals surface area contributed by atoms with Crippen LogP contribution in [0.1, 0.15) is 46.0 Å². The minimum atomic E-state index is 0.229. The number of nitrogens with one attached hydrogen (secondary N) is 2. The smallest absolute Gasteiger partial charge is 0.220 e. The summed E-state index contributed by atoms with van der Waals surface area (Å²) in [4.78, 5) is 11.6. The Labute approximate surface area is 93.0 Å². The maximum atomic E-state index is 11.6. The monoisotopic (exact) mass is 212 g/mol. The molecule has 0 saturated carbocycles. The predicted molar refractivity (Wildman–Crippen MR) is 62.7 cm³/mol. The first-order valence-electron chi connectivity index (χ1n) is 6.22. The second-order valence-corrected chi connectivity index (χ2v) is 4.67. The molecule has 1 saturated heterocycles. The highest BCUT2D eigenvalue weighted by molar-refractivity contribution is 5.76. The third kappa shape index (κ3) is 5.17. The van der Waals surface area contributed by atoms with E-state index in [9.17, 15) is 4.79 Å². The summed E-state index contributed by atoms with van der Waals surface area (Å²) in [5.41, 5.74) is 0. The lowest BCUT2D eigenvalue weighted by molar-refractivity contribution is -0.122. The maximum Gasteiger partial charge on any atom is 0.220 e. The van der Waals surface area contributed by atoms with Crippen molar-refractivity contribution in [3.63, 3.8) is 0 Å². The maximum absolute atomic E-state index is 11.6. The zero-order chi connectivity index (χ0) is 11.1. The Kier molecular flexibility index (Phi) is 5.69. The molecule has 0 aromatic rings. The van der Waals surface area contributed by atoms with Gasteiger partial charge in [-0.1, -0.05) is 19.8 Å². The quantitative estimate of drug-likeness (QED) is 0.703. The Morgan fingerprint density at radius 1 is 1.60 bits per heavy atom. The molecule has 0 spiro atoms. The lowest BCUT2D eigenvalue weighted by atomic mass is 10.0. The van der Waals surface area contributed by atoms with Crippen LogP contribution in [0.25, 0.3) is 0 Å². The first-order chi connectivity index (χ1) is 7.22. The first-order valence-corrected chi connectivity index (χ1v) is 6.22. The average Bonchev–Trinajstić information content (AvgIpc) is 2.67. The van der Waals surface area contributed by atoms with Gasteiger partial charge in [0.05, 0.1) is 0 Å². The van der Waals surface area contributed by atoms with Gasteiger partial charge in [-0.2, -0.15) is 0 Å². The summed E-state index contributed by atoms with van der Waals surface area (Å²) in [6.45, 7) is 6.36. The van der Waals surface area contributed by atoms with E-state index in [1.165, 1.54) is 12.8 Å². The SMILES string of the molecule is CCCCC(C)NC(=O)CC1CCNC1. The molecule has 0 aromatic heterocycles. The van der Waals surface area contributed by atoms with Crippen molar-refractivity contribution in [2.75, 3.05) is 13.1 Å². The molecule has 1 rings (SSSR count). The van der Waals surface area contributed by atoms with Crippen LogP contribution in [0, 0.1) is 5.92 Å². The van der Waals surface area contributed by atoms with Gasteiger partial charge >= 0.3 is 0 Å². The summed E-state index contributed by atoms with van der Waals surface area (Å²) in [5.74, 6) is 0.788. The first kappa shape index (κ1) is 12.5. The zero-order valence-electron chi connectivity index (χ0n) is 10.0. The minimum Gasteiger partial charge on any atom is -0.354 e. The van der Waals surface area contributed by atoms with Gasteiger partial charge in [0.15, 0.2) is 0 Å². The van der Waals surface area contributed by atoms with Crippen molar-refractivity contribution in [2.45, 2.75) is 52.0 Å². The van der Waals surface area contributed by atoms with Crippen LogP contribution in [0.2, 0.25) is 0 Å². The molecule has 1 fully saturated rings. The van der Waals surface area contributed by atoms with Crippen LogP contribution in [0.5, 0.6) is 0 Å². The molecular formula is C12H24N2O. The molecule has 2 unspecified atom stereocenters. The minimum absolute atomic E-state index is 0.229. The topological polar surface area (TPSA) is 41.1 Å². The van der Waals surface area contributed by atoms with E-state index in [0.29, 0.717) is 18.4 Å². The van der Waals surface area contributed by atoms with Crippen molar-refractivity contribution in [1.29, 1.82) is 0 Å². The van der Waals surface area contributed by atoms with Crippen molar-refractivity contribution in [2.24, 2.45) is 5.92 Å². The molecule has 1 heterocycles. The lowest BCUT2D eigenvalue weighted by Crippen LogP contribution is -2.33. The Hall–Kier alpha value is -0.570. The highest BCUT2D eigenvalue weighted by atomic mass is 16.1. The van der Waals surface area contributed by atoms with Crippen LogP contribution < -0.4 is 10.6 Å². The van der Waals surface area contributed by atoms with Crippen molar-refractivity contribution < 1.29 is 4.79 Å². The normalized spacial score (nSPS) is 22.7. The third-order valence-corrected chi connectivity index (χ3v) is 3.03. The largest absolute Gasteiger partial charge is 0.354 e. The van der Waals surface area contributed by atoms with E-state index in [0.717, 1.165) is 25.9 Å². The van der Waals surface area contributed by atoms with Gasteiger partial charge in [0.2, 0.25) is 5.91 Å². The fourth-order valence-corrected chi connectivity index (χ4v) is 2.07. The third-order valence-electron chi connectivity index (χ3n) is 3.03. The van der Waals surface area contributed by atoms with E-state index in [1.54, 1.807) is 0 Å². The predicted octanol–water partition coefficient (Wildman–Crippen LogP) is 1.68. The van der Waals surface area contributed by atoms with Gasteiger partial charge in [-0.15, -0.1) is 0 Å². The second-order valence-electron chi connectivity index (χ2n) is 4.67. The van der Waals surface area contributed by atoms with Gasteiger partial charge in [-0.05, 0) is 38.8 Å². The summed E-state index contributed by atoms with van der Waals surface area (Å²) < 4.78 is 0. The van der Waals surface area contributed by atoms with E-state index < -0.39 is 0 Å². The number of rotatable bonds is 6. The number of hydrogen-bond donors (Lipinski definition) is 2. The molecule has 3 heteroatoms. The summed E-state index contributed by atoms with van der Waals surface area (Å²) in [5, 5.41) is 6.36. The molecule has 1 amide bonds. The molecule has 0 bridgehead atoms. The van der Waals surface area contributed by atoms with Gasteiger partial charge in [-0.25, -0.2) is 0 Å². The zero-order valence-corrected chi connectivity index (χ0v) is 10.0. The van der Waals surface area contributed by atoms with Crippen LogP contribution in [0.3, 0.4) is 0 Å². The van der Waals surface area contributed by atoms with E-state index in [4.69, 9.17) is 0 Å². The Morgan fingerprint density at radius 2 is 2.40 bits per heavy atom. The summed E-state index contributed by atoms with van der Waals surface area (Å²) in [6, 6.07) is 0.340. The Morgan fingerprint density at radius 3 is 3.00 bits per heavy atom. The second kappa shape index (κ2) is 6.83. The molecule has 15 heavy (non-hydrogen) atoms. The van der Waals surface area contributed by atoms with E-state index in [-0.39, 0.29) is 5.91 Å². The molecule has 3 nitrogen and oxygen atoms in total. The number of hydrogen-bond acceptors (Lipinski definition) is 2. The highest BCUT2D eigenvalue weighted by Gasteiger charge is 2.18. The Balaban J connectivity index is 2.11. The van der Waals surface area contributed by atoms with Crippen LogP contribution >= 0.6 is 0 Å². The average molecular weight is 212 g/mol. The van der Waals surface area contributed by atoms with E-state index in [1.807, 2.05) is 0 Å². The molecule has 0 aromatic carbocycles. The number of carbonyl (C=O) groups excluding carboxylic acids is 1. The number of carbonyl (C=O) groups is 1. The van der Waals surface area contributed by atoms with Gasteiger partial charge in [0, 0.05) is 12.5 Å². The molecule has 1 aliphatic heterocycles. The molecule has 88 valence electrons. The molecule has 1 aliphatic rings. The van der Waals surface area contributed by atoms with Crippen LogP contribution in [0.4, 0.5) is 0 Å². The molecule has 2 atom stereocenters. The van der Waals surface area contributed by atoms with Crippen LogP contribution in [0.15, 0.2) is 0 Å². The highest BCUT2D eigenvalue weighted by Crippen LogP contribution is 2.12. The van der Waals surface area contributed by atoms with E-state index >= 15 is 0 Å². The fraction of sp³-hybridized carbons (Fsp3) is 0.917. The van der Waals surface area contributed by atoms with Gasteiger partial charge in [0.1, 0.15) is 0 Å². The van der Waals surface area contributed by atoms with Crippen LogP contribution in [-0.4, -0.2) is 25.0 Å². The summed E-state index contributed by atoms with van der Waals surface area (Å²) >= 11 is 0. The molecule has 2 N–H and O–H groups in total. The van der Waals surface area contributed by atoms with Gasteiger partial charge < -0.3 is 10.6 Å². The number of amides is 1. The van der Waals surface area contributed by atoms with Crippen molar-refractivity contribution in [3.8, 4) is 0 Å². The standard InChI is InChI=1S/C12H24N2O/c1-3-4-5-10(2)14-12(15)8-11-6-7-13-9-11/h10-11,13H,3-9H2,1-2H3,(H,14,15). The van der Waals surface area contributed by atoms with Gasteiger partial charge in [-0.3, -0.25) is 4.79 Å². The van der Waals surface area contributed by atoms with Crippen LogP contribution in [-0.2, 0) is 4.79 Å².